The molecule has 0 bridgehead atoms. The second-order valence-corrected chi connectivity index (χ2v) is 5.19. The Hall–Kier alpha value is -0.810. The van der Waals surface area contributed by atoms with Gasteiger partial charge in [0.25, 0.3) is 5.91 Å². The van der Waals surface area contributed by atoms with E-state index in [-0.39, 0.29) is 5.91 Å². The first-order chi connectivity index (χ1) is 9.08. The smallest absolute Gasteiger partial charge is 0.254 e. The van der Waals surface area contributed by atoms with E-state index in [1.54, 1.807) is 24.1 Å². The molecule has 1 heterocycles. The van der Waals surface area contributed by atoms with Crippen molar-refractivity contribution >= 4 is 29.1 Å². The molecule has 1 aromatic carbocycles. The number of halogens is 2. The molecule has 0 spiro atoms. The van der Waals surface area contributed by atoms with Crippen LogP contribution in [0.3, 0.4) is 0 Å². The Balaban J connectivity index is 1.97. The zero-order chi connectivity index (χ0) is 13.8. The van der Waals surface area contributed by atoms with Crippen molar-refractivity contribution in [2.24, 2.45) is 0 Å². The topological polar surface area (TPSA) is 38.8 Å². The van der Waals surface area contributed by atoms with Gasteiger partial charge in [0.2, 0.25) is 0 Å². The van der Waals surface area contributed by atoms with E-state index in [1.807, 2.05) is 6.07 Å². The number of carbonyl (C=O) groups is 1. The molecule has 1 fully saturated rings. The Morgan fingerprint density at radius 1 is 1.37 bits per heavy atom. The molecule has 0 aliphatic carbocycles. The van der Waals surface area contributed by atoms with Gasteiger partial charge in [0.1, 0.15) is 0 Å². The highest BCUT2D eigenvalue weighted by Crippen LogP contribution is 2.23. The van der Waals surface area contributed by atoms with Crippen LogP contribution in [0.15, 0.2) is 18.2 Å². The molecule has 2 rings (SSSR count). The molecule has 1 unspecified atom stereocenters. The van der Waals surface area contributed by atoms with Crippen LogP contribution < -0.4 is 0 Å². The van der Waals surface area contributed by atoms with Gasteiger partial charge in [-0.1, -0.05) is 29.3 Å². The quantitative estimate of drug-likeness (QED) is 0.860. The average Bonchev–Trinajstić information content (AvgIpc) is 2.43. The first-order valence-electron chi connectivity index (χ1n) is 5.96. The molecule has 104 valence electrons. The van der Waals surface area contributed by atoms with Crippen molar-refractivity contribution < 1.29 is 14.3 Å². The van der Waals surface area contributed by atoms with Crippen LogP contribution in [0.2, 0.25) is 10.0 Å². The minimum atomic E-state index is -0.512. The van der Waals surface area contributed by atoms with Crippen molar-refractivity contribution in [1.82, 2.24) is 4.90 Å². The van der Waals surface area contributed by atoms with Gasteiger partial charge in [-0.3, -0.25) is 4.79 Å². The largest absolute Gasteiger partial charge is 0.376 e. The van der Waals surface area contributed by atoms with E-state index in [2.05, 4.69) is 0 Å². The summed E-state index contributed by atoms with van der Waals surface area (Å²) in [5.74, 6) is -0.0919. The molecule has 1 aliphatic rings. The third kappa shape index (κ3) is 3.83. The van der Waals surface area contributed by atoms with Gasteiger partial charge in [-0.05, 0) is 17.7 Å². The van der Waals surface area contributed by atoms with Gasteiger partial charge >= 0.3 is 0 Å². The molecule has 0 N–H and O–H groups in total. The van der Waals surface area contributed by atoms with Gasteiger partial charge < -0.3 is 14.4 Å². The average molecular weight is 304 g/mol. The Morgan fingerprint density at radius 3 is 2.79 bits per heavy atom. The molecule has 0 aromatic heterocycles. The van der Waals surface area contributed by atoms with Crippen LogP contribution in [0.5, 0.6) is 0 Å². The first kappa shape index (κ1) is 14.6. The normalized spacial score (nSPS) is 19.2. The Kier molecular flexibility index (Phi) is 5.05. The van der Waals surface area contributed by atoms with E-state index in [0.717, 1.165) is 5.56 Å². The van der Waals surface area contributed by atoms with E-state index in [4.69, 9.17) is 32.7 Å². The standard InChI is InChI=1S/C13H15Cl2NO3/c1-16(13(17)12-8-18-4-5-19-12)7-9-2-3-10(14)11(15)6-9/h2-3,6,12H,4-5,7-8H2,1H3. The van der Waals surface area contributed by atoms with E-state index >= 15 is 0 Å². The third-order valence-electron chi connectivity index (χ3n) is 2.87. The number of rotatable bonds is 3. The highest BCUT2D eigenvalue weighted by atomic mass is 35.5. The summed E-state index contributed by atoms with van der Waals surface area (Å²) in [5.41, 5.74) is 0.918. The van der Waals surface area contributed by atoms with Crippen LogP contribution in [0.25, 0.3) is 0 Å². The second kappa shape index (κ2) is 6.57. The number of ether oxygens (including phenoxy) is 2. The summed E-state index contributed by atoms with van der Waals surface area (Å²) < 4.78 is 10.6. The Bertz CT molecular complexity index is 461. The Morgan fingerprint density at radius 2 is 2.16 bits per heavy atom. The van der Waals surface area contributed by atoms with Crippen LogP contribution >= 0.6 is 23.2 Å². The lowest BCUT2D eigenvalue weighted by molar-refractivity contribution is -0.157. The molecule has 19 heavy (non-hydrogen) atoms. The lowest BCUT2D eigenvalue weighted by Gasteiger charge is -2.26. The predicted octanol–water partition coefficient (Wildman–Crippen LogP) is 2.37. The summed E-state index contributed by atoms with van der Waals surface area (Å²) in [6.07, 6.45) is -0.512. The van der Waals surface area contributed by atoms with Crippen LogP contribution in [0.1, 0.15) is 5.56 Å². The van der Waals surface area contributed by atoms with Gasteiger partial charge in [-0.25, -0.2) is 0 Å². The van der Waals surface area contributed by atoms with E-state index < -0.39 is 6.10 Å². The molecule has 1 aliphatic heterocycles. The van der Waals surface area contributed by atoms with Crippen LogP contribution in [0.4, 0.5) is 0 Å². The van der Waals surface area contributed by atoms with Crippen LogP contribution in [-0.2, 0) is 20.8 Å². The fraction of sp³-hybridized carbons (Fsp3) is 0.462. The molecular formula is C13H15Cl2NO3. The molecule has 6 heteroatoms. The number of hydrogen-bond donors (Lipinski definition) is 0. The van der Waals surface area contributed by atoms with Crippen molar-refractivity contribution in [3.05, 3.63) is 33.8 Å². The predicted molar refractivity (Wildman–Crippen MR) is 73.5 cm³/mol. The Labute approximate surface area is 122 Å². The summed E-state index contributed by atoms with van der Waals surface area (Å²) in [4.78, 5) is 13.7. The number of hydrogen-bond acceptors (Lipinski definition) is 3. The van der Waals surface area contributed by atoms with Crippen molar-refractivity contribution in [1.29, 1.82) is 0 Å². The van der Waals surface area contributed by atoms with E-state index in [0.29, 0.717) is 36.4 Å². The number of nitrogens with zero attached hydrogens (tertiary/aromatic N) is 1. The molecule has 4 nitrogen and oxygen atoms in total. The lowest BCUT2D eigenvalue weighted by atomic mass is 10.2. The van der Waals surface area contributed by atoms with Crippen molar-refractivity contribution in [2.75, 3.05) is 26.9 Å². The van der Waals surface area contributed by atoms with E-state index in [9.17, 15) is 4.79 Å². The minimum absolute atomic E-state index is 0.0919. The summed E-state index contributed by atoms with van der Waals surface area (Å²) >= 11 is 11.8. The zero-order valence-corrected chi connectivity index (χ0v) is 12.1. The second-order valence-electron chi connectivity index (χ2n) is 4.38. The van der Waals surface area contributed by atoms with Crippen molar-refractivity contribution in [3.8, 4) is 0 Å². The van der Waals surface area contributed by atoms with Gasteiger partial charge in [-0.15, -0.1) is 0 Å². The van der Waals surface area contributed by atoms with Crippen molar-refractivity contribution in [2.45, 2.75) is 12.6 Å². The van der Waals surface area contributed by atoms with Crippen LogP contribution in [0, 0.1) is 0 Å². The van der Waals surface area contributed by atoms with Crippen LogP contribution in [-0.4, -0.2) is 43.8 Å². The minimum Gasteiger partial charge on any atom is -0.376 e. The summed E-state index contributed by atoms with van der Waals surface area (Å²) in [5, 5.41) is 0.987. The molecule has 1 amide bonds. The molecule has 1 aromatic rings. The maximum atomic E-state index is 12.1. The molecule has 0 radical (unpaired) electrons. The SMILES string of the molecule is CN(Cc1ccc(Cl)c(Cl)c1)C(=O)C1COCCO1. The molecule has 1 saturated heterocycles. The molecular weight excluding hydrogens is 289 g/mol. The number of carbonyl (C=O) groups excluding carboxylic acids is 1. The number of benzene rings is 1. The monoisotopic (exact) mass is 303 g/mol. The summed E-state index contributed by atoms with van der Waals surface area (Å²) in [6.45, 7) is 1.76. The molecule has 1 atom stereocenters. The van der Waals surface area contributed by atoms with Gasteiger partial charge in [0.05, 0.1) is 29.9 Å². The maximum absolute atomic E-state index is 12.1. The number of likely N-dealkylation sites (N-methyl/N-ethyl adjacent to an activating group) is 1. The fourth-order valence-corrected chi connectivity index (χ4v) is 2.19. The first-order valence-corrected chi connectivity index (χ1v) is 6.72. The fourth-order valence-electron chi connectivity index (χ4n) is 1.87. The molecule has 0 saturated carbocycles. The van der Waals surface area contributed by atoms with Gasteiger partial charge in [-0.2, -0.15) is 0 Å². The van der Waals surface area contributed by atoms with Gasteiger partial charge in [0, 0.05) is 13.6 Å². The number of amides is 1. The zero-order valence-electron chi connectivity index (χ0n) is 10.6. The highest BCUT2D eigenvalue weighted by molar-refractivity contribution is 6.42. The maximum Gasteiger partial charge on any atom is 0.254 e. The highest BCUT2D eigenvalue weighted by Gasteiger charge is 2.25. The van der Waals surface area contributed by atoms with Crippen molar-refractivity contribution in [3.63, 3.8) is 0 Å². The van der Waals surface area contributed by atoms with Gasteiger partial charge in [0.15, 0.2) is 6.10 Å². The third-order valence-corrected chi connectivity index (χ3v) is 3.61. The lowest BCUT2D eigenvalue weighted by Crippen LogP contribution is -2.43. The summed E-state index contributed by atoms with van der Waals surface area (Å²) in [6, 6.07) is 5.32. The summed E-state index contributed by atoms with van der Waals surface area (Å²) in [7, 11) is 1.73. The van der Waals surface area contributed by atoms with E-state index in [1.165, 1.54) is 0 Å².